The number of carbonyl (C=O) groups is 1. The van der Waals surface area contributed by atoms with E-state index in [1.54, 1.807) is 13.0 Å². The van der Waals surface area contributed by atoms with Crippen molar-refractivity contribution >= 4 is 12.0 Å². The number of ether oxygens (including phenoxy) is 1. The van der Waals surface area contributed by atoms with Gasteiger partial charge in [-0.05, 0) is 53.8 Å². The number of hydrogen-bond donors (Lipinski definition) is 0. The van der Waals surface area contributed by atoms with Crippen molar-refractivity contribution in [2.45, 2.75) is 33.1 Å². The van der Waals surface area contributed by atoms with E-state index in [0.29, 0.717) is 6.61 Å². The second kappa shape index (κ2) is 8.35. The van der Waals surface area contributed by atoms with Crippen LogP contribution in [0.3, 0.4) is 0 Å². The van der Waals surface area contributed by atoms with E-state index >= 15 is 0 Å². The van der Waals surface area contributed by atoms with E-state index in [1.807, 2.05) is 36.4 Å². The Labute approximate surface area is 150 Å². The lowest BCUT2D eigenvalue weighted by atomic mass is 9.86. The standard InChI is InChI=1S/C23H24O2/c1-5-25-22(24)16-15-19-11-9-18(10-12-19)13-14-20-7-6-8-21(17-20)23(2,3)4/h6-12,15-17H,5H2,1-4H3. The summed E-state index contributed by atoms with van der Waals surface area (Å²) in [6.07, 6.45) is 3.17. The highest BCUT2D eigenvalue weighted by molar-refractivity contribution is 5.87. The Balaban J connectivity index is 2.10. The largest absolute Gasteiger partial charge is 0.463 e. The van der Waals surface area contributed by atoms with E-state index in [0.717, 1.165) is 16.7 Å². The van der Waals surface area contributed by atoms with Gasteiger partial charge in [-0.1, -0.05) is 56.9 Å². The second-order valence-corrected chi connectivity index (χ2v) is 6.79. The average molecular weight is 332 g/mol. The van der Waals surface area contributed by atoms with Gasteiger partial charge in [0.25, 0.3) is 0 Å². The van der Waals surface area contributed by atoms with E-state index in [9.17, 15) is 4.79 Å². The Morgan fingerprint density at radius 2 is 1.72 bits per heavy atom. The minimum atomic E-state index is -0.329. The van der Waals surface area contributed by atoms with Crippen molar-refractivity contribution in [2.24, 2.45) is 0 Å². The molecule has 2 aromatic rings. The molecule has 0 aliphatic carbocycles. The molecule has 0 aromatic heterocycles. The molecule has 128 valence electrons. The summed E-state index contributed by atoms with van der Waals surface area (Å²) < 4.78 is 4.86. The lowest BCUT2D eigenvalue weighted by Gasteiger charge is -2.18. The zero-order chi connectivity index (χ0) is 18.3. The zero-order valence-electron chi connectivity index (χ0n) is 15.3. The summed E-state index contributed by atoms with van der Waals surface area (Å²) in [6, 6.07) is 16.1. The first kappa shape index (κ1) is 18.5. The molecule has 0 heterocycles. The molecule has 0 saturated carbocycles. The van der Waals surface area contributed by atoms with Gasteiger partial charge in [0.1, 0.15) is 0 Å². The zero-order valence-corrected chi connectivity index (χ0v) is 15.3. The van der Waals surface area contributed by atoms with Gasteiger partial charge < -0.3 is 4.74 Å². The molecule has 2 heteroatoms. The molecule has 2 rings (SSSR count). The molecule has 2 aromatic carbocycles. The van der Waals surface area contributed by atoms with Crippen LogP contribution in [0.1, 0.15) is 49.9 Å². The average Bonchev–Trinajstić information content (AvgIpc) is 2.59. The van der Waals surface area contributed by atoms with E-state index in [-0.39, 0.29) is 11.4 Å². The number of esters is 1. The van der Waals surface area contributed by atoms with Crippen LogP contribution < -0.4 is 0 Å². The molecule has 0 aliphatic rings. The second-order valence-electron chi connectivity index (χ2n) is 6.79. The summed E-state index contributed by atoms with van der Waals surface area (Å²) in [4.78, 5) is 11.3. The van der Waals surface area contributed by atoms with Gasteiger partial charge in [-0.25, -0.2) is 4.79 Å². The highest BCUT2D eigenvalue weighted by Crippen LogP contribution is 2.22. The van der Waals surface area contributed by atoms with Gasteiger partial charge in [0.05, 0.1) is 6.61 Å². The van der Waals surface area contributed by atoms with Crippen molar-refractivity contribution in [1.29, 1.82) is 0 Å². The molecule has 0 bridgehead atoms. The van der Waals surface area contributed by atoms with Crippen molar-refractivity contribution in [2.75, 3.05) is 6.61 Å². The van der Waals surface area contributed by atoms with Gasteiger partial charge in [0.2, 0.25) is 0 Å². The van der Waals surface area contributed by atoms with Gasteiger partial charge in [0, 0.05) is 17.2 Å². The minimum Gasteiger partial charge on any atom is -0.463 e. The SMILES string of the molecule is CCOC(=O)C=Cc1ccc(C#Cc2cccc(C(C)(C)C)c2)cc1. The highest BCUT2D eigenvalue weighted by Gasteiger charge is 2.12. The van der Waals surface area contributed by atoms with Crippen LogP contribution in [-0.2, 0) is 14.9 Å². The third kappa shape index (κ3) is 5.97. The first-order valence-electron chi connectivity index (χ1n) is 8.46. The van der Waals surface area contributed by atoms with Crippen LogP contribution in [0, 0.1) is 11.8 Å². The Morgan fingerprint density at radius 1 is 1.04 bits per heavy atom. The van der Waals surface area contributed by atoms with Crippen LogP contribution in [0.2, 0.25) is 0 Å². The van der Waals surface area contributed by atoms with Crippen LogP contribution >= 0.6 is 0 Å². The van der Waals surface area contributed by atoms with Crippen LogP contribution in [0.4, 0.5) is 0 Å². The maximum atomic E-state index is 11.3. The smallest absolute Gasteiger partial charge is 0.330 e. The molecule has 0 saturated heterocycles. The van der Waals surface area contributed by atoms with Gasteiger partial charge in [-0.2, -0.15) is 0 Å². The fourth-order valence-electron chi connectivity index (χ4n) is 2.24. The number of carbonyl (C=O) groups excluding carboxylic acids is 1. The molecular formula is C23H24O2. The van der Waals surface area contributed by atoms with E-state index in [1.165, 1.54) is 11.6 Å². The predicted molar refractivity (Wildman–Crippen MR) is 103 cm³/mol. The molecule has 0 radical (unpaired) electrons. The number of rotatable bonds is 3. The normalized spacial score (nSPS) is 11.0. The number of hydrogen-bond acceptors (Lipinski definition) is 2. The van der Waals surface area contributed by atoms with Crippen LogP contribution in [0.25, 0.3) is 6.08 Å². The third-order valence-electron chi connectivity index (χ3n) is 3.69. The van der Waals surface area contributed by atoms with E-state index in [2.05, 4.69) is 44.7 Å². The maximum absolute atomic E-state index is 11.3. The lowest BCUT2D eigenvalue weighted by molar-refractivity contribution is -0.137. The summed E-state index contributed by atoms with van der Waals surface area (Å²) >= 11 is 0. The number of benzene rings is 2. The molecule has 0 unspecified atom stereocenters. The molecule has 0 atom stereocenters. The highest BCUT2D eigenvalue weighted by atomic mass is 16.5. The van der Waals surface area contributed by atoms with Crippen LogP contribution in [-0.4, -0.2) is 12.6 Å². The van der Waals surface area contributed by atoms with Crippen molar-refractivity contribution in [3.8, 4) is 11.8 Å². The molecule has 0 spiro atoms. The Bertz CT molecular complexity index is 810. The van der Waals surface area contributed by atoms with Gasteiger partial charge in [0.15, 0.2) is 0 Å². The summed E-state index contributed by atoms with van der Waals surface area (Å²) in [5, 5.41) is 0. The minimum absolute atomic E-state index is 0.116. The lowest BCUT2D eigenvalue weighted by Crippen LogP contribution is -2.10. The first-order chi connectivity index (χ1) is 11.9. The topological polar surface area (TPSA) is 26.3 Å². The predicted octanol–water partition coefficient (Wildman–Crippen LogP) is 4.96. The first-order valence-corrected chi connectivity index (χ1v) is 8.46. The van der Waals surface area contributed by atoms with Gasteiger partial charge in [-0.3, -0.25) is 0 Å². The van der Waals surface area contributed by atoms with E-state index < -0.39 is 0 Å². The van der Waals surface area contributed by atoms with Gasteiger partial charge in [-0.15, -0.1) is 0 Å². The monoisotopic (exact) mass is 332 g/mol. The summed E-state index contributed by atoms with van der Waals surface area (Å²) in [6.45, 7) is 8.76. The molecule has 0 N–H and O–H groups in total. The fourth-order valence-corrected chi connectivity index (χ4v) is 2.24. The van der Waals surface area contributed by atoms with Crippen molar-refractivity contribution in [3.63, 3.8) is 0 Å². The van der Waals surface area contributed by atoms with Crippen molar-refractivity contribution < 1.29 is 9.53 Å². The van der Waals surface area contributed by atoms with E-state index in [4.69, 9.17) is 4.74 Å². The van der Waals surface area contributed by atoms with Crippen LogP contribution in [0.15, 0.2) is 54.6 Å². The van der Waals surface area contributed by atoms with Crippen LogP contribution in [0.5, 0.6) is 0 Å². The molecule has 25 heavy (non-hydrogen) atoms. The maximum Gasteiger partial charge on any atom is 0.330 e. The molecule has 0 amide bonds. The van der Waals surface area contributed by atoms with Gasteiger partial charge >= 0.3 is 5.97 Å². The van der Waals surface area contributed by atoms with Crippen molar-refractivity contribution in [3.05, 3.63) is 76.9 Å². The molecule has 2 nitrogen and oxygen atoms in total. The molecular weight excluding hydrogens is 308 g/mol. The Hall–Kier alpha value is -2.79. The third-order valence-corrected chi connectivity index (χ3v) is 3.69. The van der Waals surface area contributed by atoms with Crippen molar-refractivity contribution in [1.82, 2.24) is 0 Å². The summed E-state index contributed by atoms with van der Waals surface area (Å²) in [5.41, 5.74) is 4.28. The molecule has 0 fully saturated rings. The quantitative estimate of drug-likeness (QED) is 0.451. The Morgan fingerprint density at radius 3 is 2.36 bits per heavy atom. The molecule has 0 aliphatic heterocycles. The Kier molecular flexibility index (Phi) is 6.19. The summed E-state index contributed by atoms with van der Waals surface area (Å²) in [5.74, 6) is 6.08. The summed E-state index contributed by atoms with van der Waals surface area (Å²) in [7, 11) is 0. The fraction of sp³-hybridized carbons (Fsp3) is 0.261.